The van der Waals surface area contributed by atoms with E-state index in [9.17, 15) is 9.59 Å². The van der Waals surface area contributed by atoms with Crippen LogP contribution in [0.2, 0.25) is 0 Å². The Kier molecular flexibility index (Phi) is 5.01. The summed E-state index contributed by atoms with van der Waals surface area (Å²) in [4.78, 5) is 27.6. The molecule has 0 spiro atoms. The van der Waals surface area contributed by atoms with Crippen molar-refractivity contribution < 1.29 is 14.3 Å². The Morgan fingerprint density at radius 3 is 2.20 bits per heavy atom. The quantitative estimate of drug-likeness (QED) is 0.678. The van der Waals surface area contributed by atoms with Gasteiger partial charge in [-0.2, -0.15) is 0 Å². The molecule has 166 valence electrons. The highest BCUT2D eigenvalue weighted by Crippen LogP contribution is 2.52. The average Bonchev–Trinajstić information content (AvgIpc) is 2.81. The van der Waals surface area contributed by atoms with Crippen LogP contribution in [0.25, 0.3) is 0 Å². The Morgan fingerprint density at radius 1 is 1.00 bits per heavy atom. The van der Waals surface area contributed by atoms with Crippen molar-refractivity contribution >= 4 is 11.8 Å². The van der Waals surface area contributed by atoms with Gasteiger partial charge in [0.05, 0.1) is 12.6 Å². The van der Waals surface area contributed by atoms with Gasteiger partial charge in [-0.05, 0) is 83.5 Å². The van der Waals surface area contributed by atoms with Crippen molar-refractivity contribution in [3.8, 4) is 0 Å². The van der Waals surface area contributed by atoms with Gasteiger partial charge in [0, 0.05) is 24.0 Å². The standard InChI is InChI=1S/C24H37N3O3/c1-23(2,3)25-22(29)14-27-18-4-5-19(27)8-15(7-18)11-21(28)26-24-12-16-6-17(13-24)10-20(9-16)30-24/h4-5,15-20H,6-14H2,1-3H3,(H,25,29)(H,26,28)/t15?,16?,17?,18-,19+,20?,24?. The zero-order chi connectivity index (χ0) is 21.1. The molecule has 6 heteroatoms. The normalized spacial score (nSPS) is 41.8. The van der Waals surface area contributed by atoms with Crippen LogP contribution in [0.3, 0.4) is 0 Å². The molecular weight excluding hydrogens is 378 g/mol. The zero-order valence-electron chi connectivity index (χ0n) is 18.7. The van der Waals surface area contributed by atoms with Gasteiger partial charge in [-0.25, -0.2) is 0 Å². The Balaban J connectivity index is 1.14. The van der Waals surface area contributed by atoms with Gasteiger partial charge in [0.1, 0.15) is 5.72 Å². The SMILES string of the molecule is CC(C)(C)NC(=O)CN1[C@@H]2C=C[C@H]1CC(CC(=O)NC13CC4CC(CC(C4)O1)C3)C2. The lowest BCUT2D eigenvalue weighted by atomic mass is 9.65. The van der Waals surface area contributed by atoms with Gasteiger partial charge in [0.15, 0.2) is 0 Å². The molecule has 0 radical (unpaired) electrons. The van der Waals surface area contributed by atoms with Crippen molar-refractivity contribution in [2.75, 3.05) is 6.54 Å². The Bertz CT molecular complexity index is 689. The van der Waals surface area contributed by atoms with E-state index in [1.54, 1.807) is 0 Å². The molecule has 2 amide bonds. The average molecular weight is 416 g/mol. The number of amides is 2. The lowest BCUT2D eigenvalue weighted by molar-refractivity contribution is -0.233. The molecule has 6 bridgehead atoms. The highest BCUT2D eigenvalue weighted by Gasteiger charge is 2.53. The Morgan fingerprint density at radius 2 is 1.63 bits per heavy atom. The first-order chi connectivity index (χ1) is 14.2. The van der Waals surface area contributed by atoms with E-state index in [4.69, 9.17) is 4.74 Å². The van der Waals surface area contributed by atoms with Gasteiger partial charge in [-0.3, -0.25) is 14.5 Å². The van der Waals surface area contributed by atoms with Crippen LogP contribution in [-0.2, 0) is 14.3 Å². The van der Waals surface area contributed by atoms with Crippen LogP contribution < -0.4 is 10.6 Å². The monoisotopic (exact) mass is 415 g/mol. The van der Waals surface area contributed by atoms with E-state index < -0.39 is 0 Å². The van der Waals surface area contributed by atoms with E-state index in [1.165, 1.54) is 19.3 Å². The maximum Gasteiger partial charge on any atom is 0.234 e. The second-order valence-electron chi connectivity index (χ2n) is 11.7. The van der Waals surface area contributed by atoms with Crippen molar-refractivity contribution in [1.29, 1.82) is 0 Å². The minimum Gasteiger partial charge on any atom is -0.353 e. The number of fused-ring (bicyclic) bond motifs is 2. The van der Waals surface area contributed by atoms with Crippen LogP contribution in [0, 0.1) is 17.8 Å². The van der Waals surface area contributed by atoms with Crippen LogP contribution >= 0.6 is 0 Å². The molecule has 3 unspecified atom stereocenters. The molecule has 4 aliphatic heterocycles. The predicted octanol–water partition coefficient (Wildman–Crippen LogP) is 2.73. The summed E-state index contributed by atoms with van der Waals surface area (Å²) in [7, 11) is 0. The second-order valence-corrected chi connectivity index (χ2v) is 11.7. The van der Waals surface area contributed by atoms with Crippen molar-refractivity contribution in [1.82, 2.24) is 15.5 Å². The fraction of sp³-hybridized carbons (Fsp3) is 0.833. The summed E-state index contributed by atoms with van der Waals surface area (Å²) >= 11 is 0. The summed E-state index contributed by atoms with van der Waals surface area (Å²) in [5.74, 6) is 2.07. The topological polar surface area (TPSA) is 70.7 Å². The van der Waals surface area contributed by atoms with E-state index in [0.717, 1.165) is 37.5 Å². The van der Waals surface area contributed by atoms with Crippen LogP contribution in [0.4, 0.5) is 0 Å². The van der Waals surface area contributed by atoms with Crippen LogP contribution in [0.15, 0.2) is 12.2 Å². The maximum absolute atomic E-state index is 13.0. The largest absolute Gasteiger partial charge is 0.353 e. The molecule has 0 aromatic rings. The second kappa shape index (κ2) is 7.33. The van der Waals surface area contributed by atoms with Crippen molar-refractivity contribution in [2.45, 2.75) is 102 Å². The van der Waals surface area contributed by atoms with Gasteiger partial charge < -0.3 is 15.4 Å². The number of hydrogen-bond acceptors (Lipinski definition) is 4. The molecule has 2 aliphatic carbocycles. The minimum atomic E-state index is -0.380. The highest BCUT2D eigenvalue weighted by molar-refractivity contribution is 5.79. The van der Waals surface area contributed by atoms with Crippen molar-refractivity contribution in [3.05, 3.63) is 12.2 Å². The molecule has 4 heterocycles. The first kappa shape index (κ1) is 20.5. The van der Waals surface area contributed by atoms with Gasteiger partial charge in [-0.1, -0.05) is 12.2 Å². The number of piperidine rings is 1. The lowest BCUT2D eigenvalue weighted by Gasteiger charge is -2.56. The minimum absolute atomic E-state index is 0.0800. The molecule has 6 aliphatic rings. The van der Waals surface area contributed by atoms with Gasteiger partial charge in [-0.15, -0.1) is 0 Å². The van der Waals surface area contributed by atoms with E-state index in [2.05, 4.69) is 27.7 Å². The fourth-order valence-corrected chi connectivity index (χ4v) is 7.02. The molecule has 5 atom stereocenters. The van der Waals surface area contributed by atoms with Crippen LogP contribution in [0.1, 0.15) is 72.1 Å². The Hall–Kier alpha value is -1.40. The number of ether oxygens (including phenoxy) is 1. The Labute approximate surface area is 180 Å². The summed E-state index contributed by atoms with van der Waals surface area (Å²) < 4.78 is 6.33. The number of hydrogen-bond donors (Lipinski definition) is 2. The first-order valence-electron chi connectivity index (χ1n) is 11.9. The molecule has 0 aromatic heterocycles. The van der Waals surface area contributed by atoms with Gasteiger partial charge >= 0.3 is 0 Å². The molecular formula is C24H37N3O3. The smallest absolute Gasteiger partial charge is 0.234 e. The summed E-state index contributed by atoms with van der Waals surface area (Å²) in [5, 5.41) is 6.40. The number of carbonyl (C=O) groups excluding carboxylic acids is 2. The van der Waals surface area contributed by atoms with Gasteiger partial charge in [0.25, 0.3) is 0 Å². The van der Waals surface area contributed by atoms with E-state index in [1.807, 2.05) is 20.8 Å². The van der Waals surface area contributed by atoms with Crippen molar-refractivity contribution in [2.24, 2.45) is 17.8 Å². The molecule has 5 fully saturated rings. The maximum atomic E-state index is 13.0. The summed E-state index contributed by atoms with van der Waals surface area (Å²) in [6, 6.07) is 0.533. The summed E-state index contributed by atoms with van der Waals surface area (Å²) in [6.45, 7) is 6.46. The summed E-state index contributed by atoms with van der Waals surface area (Å²) in [6.07, 6.45) is 13.0. The number of nitrogens with zero attached hydrogens (tertiary/aromatic N) is 1. The molecule has 2 N–H and O–H groups in total. The molecule has 6 nitrogen and oxygen atoms in total. The predicted molar refractivity (Wildman–Crippen MR) is 114 cm³/mol. The van der Waals surface area contributed by atoms with Crippen LogP contribution in [-0.4, -0.2) is 52.7 Å². The molecule has 6 rings (SSSR count). The third-order valence-electron chi connectivity index (χ3n) is 7.73. The molecule has 0 aromatic carbocycles. The fourth-order valence-electron chi connectivity index (χ4n) is 7.02. The number of carbonyl (C=O) groups is 2. The van der Waals surface area contributed by atoms with E-state index in [0.29, 0.717) is 25.0 Å². The third-order valence-corrected chi connectivity index (χ3v) is 7.73. The first-order valence-corrected chi connectivity index (χ1v) is 11.9. The molecule has 3 saturated heterocycles. The third kappa shape index (κ3) is 4.18. The van der Waals surface area contributed by atoms with E-state index in [-0.39, 0.29) is 35.2 Å². The van der Waals surface area contributed by atoms with E-state index >= 15 is 0 Å². The van der Waals surface area contributed by atoms with Crippen molar-refractivity contribution in [3.63, 3.8) is 0 Å². The lowest BCUT2D eigenvalue weighted by Crippen LogP contribution is -2.63. The summed E-state index contributed by atoms with van der Waals surface area (Å²) in [5.41, 5.74) is -0.589. The zero-order valence-corrected chi connectivity index (χ0v) is 18.7. The number of rotatable bonds is 5. The van der Waals surface area contributed by atoms with Gasteiger partial charge in [0.2, 0.25) is 11.8 Å². The highest BCUT2D eigenvalue weighted by atomic mass is 16.5. The number of nitrogens with one attached hydrogen (secondary N) is 2. The molecule has 30 heavy (non-hydrogen) atoms. The molecule has 2 saturated carbocycles. The van der Waals surface area contributed by atoms with Crippen LogP contribution in [0.5, 0.6) is 0 Å².